The number of anilines is 1. The number of nitrogens with zero attached hydrogens (tertiary/aromatic N) is 1. The average Bonchev–Trinajstić information content (AvgIpc) is 2.91. The van der Waals surface area contributed by atoms with Gasteiger partial charge >= 0.3 is 0 Å². The second-order valence-electron chi connectivity index (χ2n) is 5.31. The number of piperidine rings is 1. The summed E-state index contributed by atoms with van der Waals surface area (Å²) in [5, 5.41) is 7.13. The van der Waals surface area contributed by atoms with E-state index in [2.05, 4.69) is 15.6 Å². The number of carbonyl (C=O) groups excluding carboxylic acids is 1. The van der Waals surface area contributed by atoms with Gasteiger partial charge in [0.05, 0.1) is 16.8 Å². The van der Waals surface area contributed by atoms with Crippen LogP contribution in [0.15, 0.2) is 44.8 Å². The van der Waals surface area contributed by atoms with Gasteiger partial charge in [-0.25, -0.2) is 0 Å². The Morgan fingerprint density at radius 3 is 2.82 bits per heavy atom. The summed E-state index contributed by atoms with van der Waals surface area (Å²) in [7, 11) is 0. The van der Waals surface area contributed by atoms with Gasteiger partial charge in [-0.05, 0) is 31.5 Å². The highest BCUT2D eigenvalue weighted by Crippen LogP contribution is 2.41. The Morgan fingerprint density at radius 2 is 2.14 bits per heavy atom. The van der Waals surface area contributed by atoms with Gasteiger partial charge in [0, 0.05) is 11.4 Å². The Morgan fingerprint density at radius 1 is 1.32 bits per heavy atom. The number of hydrogen-bond donors (Lipinski definition) is 4. The number of aliphatic imine (C=N–C) groups is 1. The van der Waals surface area contributed by atoms with Crippen LogP contribution in [0.25, 0.3) is 0 Å². The molecule has 0 unspecified atom stereocenters. The van der Waals surface area contributed by atoms with Crippen molar-refractivity contribution in [1.29, 1.82) is 0 Å². The first-order valence-electron chi connectivity index (χ1n) is 7.27. The molecule has 0 aromatic heterocycles. The molecule has 1 aromatic carbocycles. The minimum atomic E-state index is -0.562. The van der Waals surface area contributed by atoms with E-state index >= 15 is 0 Å². The highest BCUT2D eigenvalue weighted by atomic mass is 32.2. The number of carbonyl (C=O) groups is 1. The number of hydrogen-bond acceptors (Lipinski definition) is 5. The average molecular weight is 317 g/mol. The third-order valence-electron chi connectivity index (χ3n) is 3.67. The molecule has 7 heteroatoms. The van der Waals surface area contributed by atoms with Crippen LogP contribution in [0, 0.1) is 0 Å². The molecule has 6 N–H and O–H groups in total. The van der Waals surface area contributed by atoms with Crippen molar-refractivity contribution in [2.75, 3.05) is 18.4 Å². The van der Waals surface area contributed by atoms with E-state index in [1.165, 1.54) is 11.8 Å². The molecule has 0 aliphatic carbocycles. The maximum absolute atomic E-state index is 11.9. The molecule has 2 heterocycles. The standard InChI is InChI=1S/C15H19N5OS/c16-13(19-9-4-3-7-18-8-9)12(14(17)21)15-20-10-5-1-2-6-11(10)22-15/h1-2,5-6,9,18,20H,3-4,7-8H2,(H2,16,19)(H2,17,21)/t9-/m1/s1. The first-order valence-corrected chi connectivity index (χ1v) is 8.09. The lowest BCUT2D eigenvalue weighted by Crippen LogP contribution is -2.36. The lowest BCUT2D eigenvalue weighted by Gasteiger charge is -2.20. The Bertz CT molecular complexity index is 622. The normalized spacial score (nSPS) is 23.6. The van der Waals surface area contributed by atoms with Crippen molar-refractivity contribution < 1.29 is 4.79 Å². The maximum Gasteiger partial charge on any atom is 0.255 e. The van der Waals surface area contributed by atoms with E-state index < -0.39 is 5.91 Å². The number of fused-ring (bicyclic) bond motifs is 1. The van der Waals surface area contributed by atoms with Crippen LogP contribution in [0.4, 0.5) is 5.69 Å². The summed E-state index contributed by atoms with van der Waals surface area (Å²) in [6.07, 6.45) is 2.03. The van der Waals surface area contributed by atoms with E-state index in [0.29, 0.717) is 5.03 Å². The van der Waals surface area contributed by atoms with E-state index in [1.807, 2.05) is 24.3 Å². The van der Waals surface area contributed by atoms with E-state index in [1.54, 1.807) is 0 Å². The van der Waals surface area contributed by atoms with E-state index in [4.69, 9.17) is 11.5 Å². The van der Waals surface area contributed by atoms with Crippen molar-refractivity contribution in [2.45, 2.75) is 23.8 Å². The summed E-state index contributed by atoms with van der Waals surface area (Å²) in [5.74, 6) is -0.350. The summed E-state index contributed by atoms with van der Waals surface area (Å²) < 4.78 is 0. The monoisotopic (exact) mass is 317 g/mol. The Balaban J connectivity index is 1.89. The number of para-hydroxylation sites is 1. The number of amidine groups is 1. The molecule has 0 saturated carbocycles. The molecule has 2 aliphatic rings. The highest BCUT2D eigenvalue weighted by Gasteiger charge is 2.25. The lowest BCUT2D eigenvalue weighted by atomic mass is 10.1. The number of rotatable bonds is 3. The molecule has 22 heavy (non-hydrogen) atoms. The molecule has 2 aliphatic heterocycles. The van der Waals surface area contributed by atoms with Gasteiger partial charge < -0.3 is 22.1 Å². The zero-order valence-electron chi connectivity index (χ0n) is 12.1. The van der Waals surface area contributed by atoms with Gasteiger partial charge in [0.2, 0.25) is 0 Å². The van der Waals surface area contributed by atoms with Crippen molar-refractivity contribution in [1.82, 2.24) is 5.32 Å². The lowest BCUT2D eigenvalue weighted by molar-refractivity contribution is -0.114. The predicted octanol–water partition coefficient (Wildman–Crippen LogP) is 1.01. The number of nitrogens with two attached hydrogens (primary N) is 2. The van der Waals surface area contributed by atoms with Crippen LogP contribution in [-0.4, -0.2) is 30.9 Å². The molecule has 0 spiro atoms. The minimum Gasteiger partial charge on any atom is -0.383 e. The van der Waals surface area contributed by atoms with Gasteiger partial charge in [-0.1, -0.05) is 23.9 Å². The fourth-order valence-electron chi connectivity index (χ4n) is 2.59. The second-order valence-corrected chi connectivity index (χ2v) is 6.36. The van der Waals surface area contributed by atoms with Crippen LogP contribution in [-0.2, 0) is 4.79 Å². The van der Waals surface area contributed by atoms with Gasteiger partial charge in [0.15, 0.2) is 0 Å². The third kappa shape index (κ3) is 3.10. The first kappa shape index (κ1) is 14.9. The number of amides is 1. The van der Waals surface area contributed by atoms with Crippen molar-refractivity contribution in [3.63, 3.8) is 0 Å². The quantitative estimate of drug-likeness (QED) is 0.378. The van der Waals surface area contributed by atoms with E-state index in [9.17, 15) is 4.79 Å². The molecule has 1 fully saturated rings. The van der Waals surface area contributed by atoms with E-state index in [-0.39, 0.29) is 17.5 Å². The molecule has 116 valence electrons. The summed E-state index contributed by atoms with van der Waals surface area (Å²) in [6, 6.07) is 7.91. The summed E-state index contributed by atoms with van der Waals surface area (Å²) >= 11 is 1.45. The van der Waals surface area contributed by atoms with Crippen molar-refractivity contribution in [3.05, 3.63) is 34.9 Å². The van der Waals surface area contributed by atoms with Crippen LogP contribution in [0.3, 0.4) is 0 Å². The number of benzene rings is 1. The molecular weight excluding hydrogens is 298 g/mol. The van der Waals surface area contributed by atoms with Crippen LogP contribution < -0.4 is 22.1 Å². The minimum absolute atomic E-state index is 0.0949. The third-order valence-corrected chi connectivity index (χ3v) is 4.76. The maximum atomic E-state index is 11.9. The molecule has 1 amide bonds. The summed E-state index contributed by atoms with van der Waals surface area (Å²) in [6.45, 7) is 1.78. The van der Waals surface area contributed by atoms with Crippen molar-refractivity contribution in [3.8, 4) is 0 Å². The smallest absolute Gasteiger partial charge is 0.255 e. The Labute approximate surface area is 133 Å². The molecule has 0 radical (unpaired) electrons. The topological polar surface area (TPSA) is 106 Å². The number of primary amides is 1. The van der Waals surface area contributed by atoms with E-state index in [0.717, 1.165) is 36.5 Å². The largest absolute Gasteiger partial charge is 0.383 e. The van der Waals surface area contributed by atoms with Crippen LogP contribution in [0.2, 0.25) is 0 Å². The molecule has 1 aromatic rings. The fourth-order valence-corrected chi connectivity index (χ4v) is 3.65. The van der Waals surface area contributed by atoms with Crippen LogP contribution >= 0.6 is 11.8 Å². The van der Waals surface area contributed by atoms with Crippen LogP contribution in [0.5, 0.6) is 0 Å². The number of nitrogens with one attached hydrogen (secondary N) is 2. The van der Waals surface area contributed by atoms with Crippen molar-refractivity contribution >= 4 is 29.2 Å². The van der Waals surface area contributed by atoms with Gasteiger partial charge in [-0.3, -0.25) is 9.79 Å². The van der Waals surface area contributed by atoms with Gasteiger partial charge in [0.25, 0.3) is 5.91 Å². The molecule has 1 atom stereocenters. The first-order chi connectivity index (χ1) is 10.6. The van der Waals surface area contributed by atoms with Crippen molar-refractivity contribution in [2.24, 2.45) is 16.5 Å². The highest BCUT2D eigenvalue weighted by molar-refractivity contribution is 8.03. The molecular formula is C15H19N5OS. The molecule has 1 saturated heterocycles. The fraction of sp³-hybridized carbons (Fsp3) is 0.333. The van der Waals surface area contributed by atoms with Gasteiger partial charge in [-0.15, -0.1) is 0 Å². The molecule has 0 bridgehead atoms. The molecule has 3 rings (SSSR count). The summed E-state index contributed by atoms with van der Waals surface area (Å²) in [5.41, 5.74) is 12.8. The van der Waals surface area contributed by atoms with Gasteiger partial charge in [-0.2, -0.15) is 0 Å². The molecule has 6 nitrogen and oxygen atoms in total. The Kier molecular flexibility index (Phi) is 4.35. The van der Waals surface area contributed by atoms with Gasteiger partial charge in [0.1, 0.15) is 11.4 Å². The zero-order chi connectivity index (χ0) is 15.5. The second kappa shape index (κ2) is 6.41. The van der Waals surface area contributed by atoms with Crippen LogP contribution in [0.1, 0.15) is 12.8 Å². The zero-order valence-corrected chi connectivity index (χ0v) is 13.0. The predicted molar refractivity (Wildman–Crippen MR) is 89.7 cm³/mol. The summed E-state index contributed by atoms with van der Waals surface area (Å²) in [4.78, 5) is 17.4. The SMILES string of the molecule is NC(=O)C(C(N)=N[C@@H]1CCCNC1)=C1Nc2ccccc2S1. The Hall–Kier alpha value is -1.99. The number of thioether (sulfide) groups is 1.